The van der Waals surface area contributed by atoms with Crippen LogP contribution in [0.15, 0.2) is 0 Å². The van der Waals surface area contributed by atoms with Crippen molar-refractivity contribution in [3.63, 3.8) is 0 Å². The lowest BCUT2D eigenvalue weighted by atomic mass is 9.88. The molecule has 0 radical (unpaired) electrons. The molecule has 12 heavy (non-hydrogen) atoms. The summed E-state index contributed by atoms with van der Waals surface area (Å²) in [5, 5.41) is 3.49. The van der Waals surface area contributed by atoms with Gasteiger partial charge in [0.25, 0.3) is 0 Å². The smallest absolute Gasteiger partial charge is 0.0977 e. The summed E-state index contributed by atoms with van der Waals surface area (Å²) in [5.41, 5.74) is 0. The fourth-order valence-electron chi connectivity index (χ4n) is 1.64. The molecule has 0 saturated heterocycles. The van der Waals surface area contributed by atoms with Crippen LogP contribution in [-0.4, -0.2) is 22.3 Å². The first-order chi connectivity index (χ1) is 5.29. The summed E-state index contributed by atoms with van der Waals surface area (Å²) < 4.78 is 0. The van der Waals surface area contributed by atoms with Crippen LogP contribution in [0.4, 0.5) is 0 Å². The van der Waals surface area contributed by atoms with Gasteiger partial charge in [-0.15, -0.1) is 11.6 Å². The standard InChI is InChI=1S/C9H22ClNSi/c1-6-7(2)9(10,11-5)8(3,4)12/h7,11H,6H2,1-5,12H3. The van der Waals surface area contributed by atoms with E-state index in [0.29, 0.717) is 5.92 Å². The topological polar surface area (TPSA) is 12.0 Å². The van der Waals surface area contributed by atoms with Crippen LogP contribution in [0, 0.1) is 5.92 Å². The summed E-state index contributed by atoms with van der Waals surface area (Å²) in [6.45, 7) is 8.86. The van der Waals surface area contributed by atoms with E-state index in [0.717, 1.165) is 16.7 Å². The van der Waals surface area contributed by atoms with Gasteiger partial charge in [-0.05, 0) is 18.0 Å². The molecule has 0 amide bonds. The molecule has 0 bridgehead atoms. The SMILES string of the molecule is CCC(C)C(Cl)(NC)C(C)(C)[SiH3]. The first-order valence-electron chi connectivity index (χ1n) is 4.67. The van der Waals surface area contributed by atoms with Gasteiger partial charge in [-0.2, -0.15) is 0 Å². The van der Waals surface area contributed by atoms with E-state index in [2.05, 4.69) is 33.0 Å². The van der Waals surface area contributed by atoms with Gasteiger partial charge in [-0.1, -0.05) is 34.1 Å². The van der Waals surface area contributed by atoms with Crippen LogP contribution in [0.3, 0.4) is 0 Å². The minimum atomic E-state index is -0.228. The van der Waals surface area contributed by atoms with Gasteiger partial charge in [0, 0.05) is 10.2 Å². The maximum Gasteiger partial charge on any atom is 0.0977 e. The first kappa shape index (κ1) is 12.5. The van der Waals surface area contributed by atoms with Crippen molar-refractivity contribution in [3.8, 4) is 0 Å². The molecule has 2 atom stereocenters. The molecule has 0 aliphatic rings. The van der Waals surface area contributed by atoms with E-state index in [1.165, 1.54) is 0 Å². The van der Waals surface area contributed by atoms with Crippen molar-refractivity contribution in [3.05, 3.63) is 0 Å². The van der Waals surface area contributed by atoms with E-state index in [4.69, 9.17) is 11.6 Å². The predicted octanol–water partition coefficient (Wildman–Crippen LogP) is 1.75. The van der Waals surface area contributed by atoms with Gasteiger partial charge in [-0.25, -0.2) is 0 Å². The Hall–Kier alpha value is 0.467. The van der Waals surface area contributed by atoms with E-state index in [9.17, 15) is 0 Å². The Balaban J connectivity index is 4.67. The second kappa shape index (κ2) is 4.12. The third-order valence-corrected chi connectivity index (χ3v) is 4.98. The lowest BCUT2D eigenvalue weighted by Crippen LogP contribution is -2.51. The van der Waals surface area contributed by atoms with Gasteiger partial charge in [0.15, 0.2) is 0 Å². The summed E-state index contributed by atoms with van der Waals surface area (Å²) >= 11 is 6.57. The Morgan fingerprint density at radius 3 is 2.00 bits per heavy atom. The van der Waals surface area contributed by atoms with Crippen LogP contribution < -0.4 is 5.32 Å². The van der Waals surface area contributed by atoms with Crippen molar-refractivity contribution < 1.29 is 0 Å². The summed E-state index contributed by atoms with van der Waals surface area (Å²) in [6.07, 6.45) is 1.12. The Morgan fingerprint density at radius 2 is 1.92 bits per heavy atom. The number of rotatable bonds is 4. The molecule has 0 aliphatic carbocycles. The average Bonchev–Trinajstić information content (AvgIpc) is 1.99. The quantitative estimate of drug-likeness (QED) is 0.421. The van der Waals surface area contributed by atoms with Gasteiger partial charge in [0.1, 0.15) is 0 Å². The van der Waals surface area contributed by atoms with Gasteiger partial charge in [0.05, 0.1) is 5.00 Å². The van der Waals surface area contributed by atoms with Crippen LogP contribution in [0.1, 0.15) is 34.1 Å². The molecule has 0 aromatic carbocycles. The summed E-state index contributed by atoms with van der Waals surface area (Å²) in [4.78, 5) is -0.228. The van der Waals surface area contributed by atoms with Crippen LogP contribution in [0.2, 0.25) is 5.04 Å². The second-order valence-electron chi connectivity index (χ2n) is 4.52. The van der Waals surface area contributed by atoms with Crippen LogP contribution >= 0.6 is 11.6 Å². The molecule has 0 spiro atoms. The fourth-order valence-corrected chi connectivity index (χ4v) is 2.54. The lowest BCUT2D eigenvalue weighted by Gasteiger charge is -2.43. The van der Waals surface area contributed by atoms with Gasteiger partial charge in [-0.3, -0.25) is 0 Å². The highest BCUT2D eigenvalue weighted by molar-refractivity contribution is 6.31. The zero-order valence-corrected chi connectivity index (χ0v) is 11.9. The summed E-state index contributed by atoms with van der Waals surface area (Å²) in [5.74, 6) is 0.511. The number of halogens is 1. The molecule has 0 rings (SSSR count). The van der Waals surface area contributed by atoms with Crippen molar-refractivity contribution in [1.29, 1.82) is 0 Å². The highest BCUT2D eigenvalue weighted by atomic mass is 35.5. The molecule has 0 saturated carbocycles. The van der Waals surface area contributed by atoms with E-state index >= 15 is 0 Å². The zero-order valence-electron chi connectivity index (χ0n) is 9.16. The third kappa shape index (κ3) is 2.24. The molecule has 0 fully saturated rings. The maximum absolute atomic E-state index is 6.57. The number of hydrogen-bond donors (Lipinski definition) is 1. The Kier molecular flexibility index (Phi) is 4.28. The molecule has 1 nitrogen and oxygen atoms in total. The predicted molar refractivity (Wildman–Crippen MR) is 61.1 cm³/mol. The lowest BCUT2D eigenvalue weighted by molar-refractivity contribution is 0.273. The van der Waals surface area contributed by atoms with E-state index in [1.54, 1.807) is 0 Å². The molecule has 0 aromatic rings. The molecule has 0 aromatic heterocycles. The van der Waals surface area contributed by atoms with Gasteiger partial charge < -0.3 is 5.32 Å². The van der Waals surface area contributed by atoms with Gasteiger partial charge >= 0.3 is 0 Å². The van der Waals surface area contributed by atoms with Crippen molar-refractivity contribution in [1.82, 2.24) is 5.32 Å². The van der Waals surface area contributed by atoms with Crippen LogP contribution in [0.25, 0.3) is 0 Å². The Labute approximate surface area is 84.7 Å². The van der Waals surface area contributed by atoms with E-state index < -0.39 is 0 Å². The molecule has 3 heteroatoms. The molecule has 1 N–H and O–H groups in total. The monoisotopic (exact) mass is 207 g/mol. The summed E-state index contributed by atoms with van der Waals surface area (Å²) in [6, 6.07) is 0. The minimum Gasteiger partial charge on any atom is -0.301 e. The fraction of sp³-hybridized carbons (Fsp3) is 1.00. The normalized spacial score (nSPS) is 20.5. The largest absolute Gasteiger partial charge is 0.301 e. The summed E-state index contributed by atoms with van der Waals surface area (Å²) in [7, 11) is 3.06. The van der Waals surface area contributed by atoms with E-state index in [1.807, 2.05) is 7.05 Å². The highest BCUT2D eigenvalue weighted by Crippen LogP contribution is 2.44. The maximum atomic E-state index is 6.57. The molecule has 0 aliphatic heterocycles. The molecular formula is C9H22ClNSi. The highest BCUT2D eigenvalue weighted by Gasteiger charge is 2.42. The Bertz CT molecular complexity index is 144. The average molecular weight is 208 g/mol. The van der Waals surface area contributed by atoms with E-state index in [-0.39, 0.29) is 10.0 Å². The minimum absolute atomic E-state index is 0.221. The molecular weight excluding hydrogens is 186 g/mol. The van der Waals surface area contributed by atoms with Crippen molar-refractivity contribution in [2.45, 2.75) is 44.2 Å². The number of hydrogen-bond acceptors (Lipinski definition) is 1. The molecule has 0 heterocycles. The number of nitrogens with one attached hydrogen (secondary N) is 1. The van der Waals surface area contributed by atoms with Crippen molar-refractivity contribution >= 4 is 21.8 Å². The number of alkyl halides is 1. The van der Waals surface area contributed by atoms with Crippen molar-refractivity contribution in [2.75, 3.05) is 7.05 Å². The van der Waals surface area contributed by atoms with Crippen molar-refractivity contribution in [2.24, 2.45) is 5.92 Å². The third-order valence-electron chi connectivity index (χ3n) is 2.75. The van der Waals surface area contributed by atoms with Crippen LogP contribution in [-0.2, 0) is 0 Å². The van der Waals surface area contributed by atoms with Gasteiger partial charge in [0.2, 0.25) is 0 Å². The molecule has 74 valence electrons. The molecule has 2 unspecified atom stereocenters. The Morgan fingerprint density at radius 1 is 1.50 bits per heavy atom. The zero-order chi connectivity index (χ0) is 9.99. The van der Waals surface area contributed by atoms with Crippen LogP contribution in [0.5, 0.6) is 0 Å². The first-order valence-corrected chi connectivity index (χ1v) is 6.05. The second-order valence-corrected chi connectivity index (χ2v) is 7.62.